The monoisotopic (exact) mass is 374 g/mol. The number of nitrogens with zero attached hydrogens (tertiary/aromatic N) is 5. The highest BCUT2D eigenvalue weighted by Crippen LogP contribution is 2.29. The van der Waals surface area contributed by atoms with Gasteiger partial charge in [0.05, 0.1) is 33.7 Å². The second-order valence-electron chi connectivity index (χ2n) is 6.53. The van der Waals surface area contributed by atoms with Gasteiger partial charge in [0.25, 0.3) is 5.91 Å². The van der Waals surface area contributed by atoms with Crippen molar-refractivity contribution in [1.29, 1.82) is 0 Å². The van der Waals surface area contributed by atoms with E-state index in [0.29, 0.717) is 30.0 Å². The minimum absolute atomic E-state index is 0.0196. The number of aromatic amines is 1. The largest absolute Gasteiger partial charge is 0.339 e. The third-order valence-corrected chi connectivity index (χ3v) is 4.87. The standard InChI is InChI=1S/C21H22N6O/c1-4-26(5-2)21(28)16-13-18(17-11-12-22-24-17)23-20-19(16)14(3)25-27(20)15-9-7-6-8-10-15/h6-13H,4-5H2,1-3H3,(H,22,24). The van der Waals surface area contributed by atoms with Crippen LogP contribution >= 0.6 is 0 Å². The number of hydrogen-bond acceptors (Lipinski definition) is 4. The molecule has 0 aliphatic carbocycles. The summed E-state index contributed by atoms with van der Waals surface area (Å²) in [7, 11) is 0. The lowest BCUT2D eigenvalue weighted by Crippen LogP contribution is -2.30. The second kappa shape index (κ2) is 7.26. The van der Waals surface area contributed by atoms with E-state index < -0.39 is 0 Å². The lowest BCUT2D eigenvalue weighted by molar-refractivity contribution is 0.0775. The average Bonchev–Trinajstić information content (AvgIpc) is 3.37. The molecule has 4 aromatic rings. The smallest absolute Gasteiger partial charge is 0.254 e. The molecule has 7 nitrogen and oxygen atoms in total. The number of amides is 1. The maximum atomic E-state index is 13.3. The number of para-hydroxylation sites is 1. The molecule has 0 radical (unpaired) electrons. The van der Waals surface area contributed by atoms with Crippen molar-refractivity contribution < 1.29 is 4.79 Å². The second-order valence-corrected chi connectivity index (χ2v) is 6.53. The Morgan fingerprint density at radius 2 is 1.89 bits per heavy atom. The minimum Gasteiger partial charge on any atom is -0.339 e. The van der Waals surface area contributed by atoms with Gasteiger partial charge < -0.3 is 4.90 Å². The number of benzene rings is 1. The highest BCUT2D eigenvalue weighted by atomic mass is 16.2. The minimum atomic E-state index is -0.0196. The topological polar surface area (TPSA) is 79.7 Å². The first kappa shape index (κ1) is 17.9. The van der Waals surface area contributed by atoms with Gasteiger partial charge in [0.2, 0.25) is 0 Å². The van der Waals surface area contributed by atoms with E-state index in [9.17, 15) is 4.79 Å². The first-order chi connectivity index (χ1) is 13.6. The lowest BCUT2D eigenvalue weighted by atomic mass is 10.1. The predicted octanol–water partition coefficient (Wildman–Crippen LogP) is 3.60. The number of carbonyl (C=O) groups is 1. The summed E-state index contributed by atoms with van der Waals surface area (Å²) >= 11 is 0. The molecule has 3 heterocycles. The Morgan fingerprint density at radius 3 is 2.54 bits per heavy atom. The Hall–Kier alpha value is -3.48. The molecular weight excluding hydrogens is 352 g/mol. The SMILES string of the molecule is CCN(CC)C(=O)c1cc(-c2ccn[nH]2)nc2c1c(C)nn2-c1ccccc1. The zero-order valence-corrected chi connectivity index (χ0v) is 16.2. The van der Waals surface area contributed by atoms with E-state index in [1.807, 2.05) is 68.1 Å². The summed E-state index contributed by atoms with van der Waals surface area (Å²) in [6.45, 7) is 7.17. The van der Waals surface area contributed by atoms with Crippen LogP contribution in [0.2, 0.25) is 0 Å². The molecule has 4 rings (SSSR count). The first-order valence-electron chi connectivity index (χ1n) is 9.38. The Labute approximate surface area is 163 Å². The van der Waals surface area contributed by atoms with Gasteiger partial charge in [-0.05, 0) is 45.0 Å². The van der Waals surface area contributed by atoms with Gasteiger partial charge in [0.1, 0.15) is 0 Å². The van der Waals surface area contributed by atoms with Crippen molar-refractivity contribution in [2.75, 3.05) is 13.1 Å². The third kappa shape index (κ3) is 2.94. The molecule has 1 N–H and O–H groups in total. The van der Waals surface area contributed by atoms with Crippen LogP contribution in [0, 0.1) is 6.92 Å². The van der Waals surface area contributed by atoms with Crippen molar-refractivity contribution >= 4 is 16.9 Å². The molecule has 3 aromatic heterocycles. The molecule has 0 atom stereocenters. The van der Waals surface area contributed by atoms with Gasteiger partial charge in [0.15, 0.2) is 5.65 Å². The fourth-order valence-electron chi connectivity index (χ4n) is 3.42. The van der Waals surface area contributed by atoms with E-state index >= 15 is 0 Å². The van der Waals surface area contributed by atoms with E-state index in [4.69, 9.17) is 10.1 Å². The van der Waals surface area contributed by atoms with Crippen molar-refractivity contribution in [2.45, 2.75) is 20.8 Å². The van der Waals surface area contributed by atoms with E-state index in [2.05, 4.69) is 10.2 Å². The zero-order valence-electron chi connectivity index (χ0n) is 16.2. The van der Waals surface area contributed by atoms with Crippen molar-refractivity contribution in [1.82, 2.24) is 29.9 Å². The molecule has 28 heavy (non-hydrogen) atoms. The Bertz CT molecular complexity index is 1110. The zero-order chi connectivity index (χ0) is 19.7. The number of aromatic nitrogens is 5. The van der Waals surface area contributed by atoms with Crippen LogP contribution in [0.1, 0.15) is 29.9 Å². The molecule has 0 spiro atoms. The van der Waals surface area contributed by atoms with Crippen LogP contribution in [0.15, 0.2) is 48.7 Å². The van der Waals surface area contributed by atoms with Crippen LogP contribution in [0.5, 0.6) is 0 Å². The number of H-pyrrole nitrogens is 1. The van der Waals surface area contributed by atoms with Crippen LogP contribution < -0.4 is 0 Å². The Balaban J connectivity index is 2.02. The highest BCUT2D eigenvalue weighted by molar-refractivity contribution is 6.07. The molecule has 1 amide bonds. The molecule has 0 fully saturated rings. The maximum Gasteiger partial charge on any atom is 0.254 e. The Kier molecular flexibility index (Phi) is 4.65. The van der Waals surface area contributed by atoms with Crippen molar-refractivity contribution in [3.63, 3.8) is 0 Å². The van der Waals surface area contributed by atoms with E-state index in [0.717, 1.165) is 22.5 Å². The van der Waals surface area contributed by atoms with E-state index in [1.165, 1.54) is 0 Å². The molecule has 0 aliphatic heterocycles. The van der Waals surface area contributed by atoms with Crippen LogP contribution in [-0.4, -0.2) is 48.9 Å². The maximum absolute atomic E-state index is 13.3. The summed E-state index contributed by atoms with van der Waals surface area (Å²) in [6, 6.07) is 13.5. The fraction of sp³-hybridized carbons (Fsp3) is 0.238. The van der Waals surface area contributed by atoms with Crippen LogP contribution in [0.25, 0.3) is 28.1 Å². The molecule has 0 unspecified atom stereocenters. The normalized spacial score (nSPS) is 11.1. The van der Waals surface area contributed by atoms with Gasteiger partial charge in [-0.15, -0.1) is 0 Å². The Morgan fingerprint density at radius 1 is 1.14 bits per heavy atom. The molecule has 0 bridgehead atoms. The van der Waals surface area contributed by atoms with Crippen LogP contribution in [-0.2, 0) is 0 Å². The number of hydrogen-bond donors (Lipinski definition) is 1. The van der Waals surface area contributed by atoms with Crippen molar-refractivity contribution in [3.05, 3.63) is 59.9 Å². The fourth-order valence-corrected chi connectivity index (χ4v) is 3.42. The number of carbonyl (C=O) groups excluding carboxylic acids is 1. The van der Waals surface area contributed by atoms with Gasteiger partial charge in [-0.25, -0.2) is 9.67 Å². The average molecular weight is 374 g/mol. The van der Waals surface area contributed by atoms with Gasteiger partial charge in [-0.3, -0.25) is 9.89 Å². The van der Waals surface area contributed by atoms with Crippen molar-refractivity contribution in [2.24, 2.45) is 0 Å². The highest BCUT2D eigenvalue weighted by Gasteiger charge is 2.23. The summed E-state index contributed by atoms with van der Waals surface area (Å²) in [5, 5.41) is 12.4. The number of fused-ring (bicyclic) bond motifs is 1. The predicted molar refractivity (Wildman–Crippen MR) is 108 cm³/mol. The number of pyridine rings is 1. The van der Waals surface area contributed by atoms with Gasteiger partial charge in [-0.2, -0.15) is 10.2 Å². The molecule has 0 saturated heterocycles. The summed E-state index contributed by atoms with van der Waals surface area (Å²) < 4.78 is 1.80. The summed E-state index contributed by atoms with van der Waals surface area (Å²) in [4.78, 5) is 19.9. The quantitative estimate of drug-likeness (QED) is 0.579. The summed E-state index contributed by atoms with van der Waals surface area (Å²) in [5.74, 6) is -0.0196. The third-order valence-electron chi connectivity index (χ3n) is 4.87. The molecule has 1 aromatic carbocycles. The molecule has 0 aliphatic rings. The van der Waals surface area contributed by atoms with Crippen molar-refractivity contribution in [3.8, 4) is 17.1 Å². The molecule has 142 valence electrons. The number of nitrogens with one attached hydrogen (secondary N) is 1. The molecule has 7 heteroatoms. The first-order valence-corrected chi connectivity index (χ1v) is 9.38. The van der Waals surface area contributed by atoms with Crippen LogP contribution in [0.3, 0.4) is 0 Å². The lowest BCUT2D eigenvalue weighted by Gasteiger charge is -2.19. The summed E-state index contributed by atoms with van der Waals surface area (Å²) in [5.41, 5.74) is 4.37. The van der Waals surface area contributed by atoms with Gasteiger partial charge in [0, 0.05) is 19.3 Å². The van der Waals surface area contributed by atoms with Gasteiger partial charge >= 0.3 is 0 Å². The number of aryl methyl sites for hydroxylation is 1. The van der Waals surface area contributed by atoms with E-state index in [-0.39, 0.29) is 5.91 Å². The van der Waals surface area contributed by atoms with Crippen LogP contribution in [0.4, 0.5) is 0 Å². The summed E-state index contributed by atoms with van der Waals surface area (Å²) in [6.07, 6.45) is 1.67. The molecule has 0 saturated carbocycles. The van der Waals surface area contributed by atoms with E-state index in [1.54, 1.807) is 10.9 Å². The molecular formula is C21H22N6O. The number of rotatable bonds is 5. The van der Waals surface area contributed by atoms with Gasteiger partial charge in [-0.1, -0.05) is 18.2 Å².